The van der Waals surface area contributed by atoms with Gasteiger partial charge in [0.25, 0.3) is 0 Å². The number of methoxy groups -OCH3 is 1. The minimum atomic E-state index is -0.580. The maximum atomic E-state index is 14.2. The lowest BCUT2D eigenvalue weighted by Gasteiger charge is -2.33. The highest BCUT2D eigenvalue weighted by molar-refractivity contribution is 5.75. The fourth-order valence-corrected chi connectivity index (χ4v) is 3.66. The first-order valence-electron chi connectivity index (χ1n) is 10.3. The molecule has 0 aliphatic carbocycles. The number of hydrogen-bond acceptors (Lipinski definition) is 10. The zero-order valence-electron chi connectivity index (χ0n) is 18.3. The van der Waals surface area contributed by atoms with Gasteiger partial charge in [-0.1, -0.05) is 0 Å². The predicted molar refractivity (Wildman–Crippen MR) is 119 cm³/mol. The molecule has 1 fully saturated rings. The summed E-state index contributed by atoms with van der Waals surface area (Å²) in [5, 5.41) is 6.48. The molecule has 0 amide bonds. The topological polar surface area (TPSA) is 127 Å². The van der Waals surface area contributed by atoms with E-state index >= 15 is 0 Å². The zero-order chi connectivity index (χ0) is 22.7. The van der Waals surface area contributed by atoms with Crippen LogP contribution in [0.3, 0.4) is 0 Å². The van der Waals surface area contributed by atoms with Gasteiger partial charge in [0, 0.05) is 44.5 Å². The van der Waals surface area contributed by atoms with E-state index in [-0.39, 0.29) is 17.9 Å². The van der Waals surface area contributed by atoms with E-state index in [9.17, 15) is 4.39 Å². The van der Waals surface area contributed by atoms with Crippen molar-refractivity contribution in [3.63, 3.8) is 0 Å². The number of nitrogens with two attached hydrogens (primary N) is 1. The number of pyridine rings is 2. The Balaban J connectivity index is 1.74. The molecule has 4 rings (SSSR count). The Labute approximate surface area is 185 Å². The minimum Gasteiger partial charge on any atom is -0.479 e. The molecule has 0 spiro atoms. The lowest BCUT2D eigenvalue weighted by Crippen LogP contribution is -2.44. The smallest absolute Gasteiger partial charge is 0.250 e. The van der Waals surface area contributed by atoms with Gasteiger partial charge >= 0.3 is 0 Å². The van der Waals surface area contributed by atoms with Crippen LogP contribution < -0.4 is 21.1 Å². The third-order valence-corrected chi connectivity index (χ3v) is 5.36. The van der Waals surface area contributed by atoms with Crippen LogP contribution in [0.5, 0.6) is 5.88 Å². The third kappa shape index (κ3) is 4.73. The van der Waals surface area contributed by atoms with E-state index in [1.165, 1.54) is 19.4 Å². The number of nitrogen functional groups attached to an aromatic ring is 1. The van der Waals surface area contributed by atoms with Crippen LogP contribution in [0, 0.1) is 12.7 Å². The van der Waals surface area contributed by atoms with Crippen molar-refractivity contribution in [2.75, 3.05) is 44.3 Å². The third-order valence-electron chi connectivity index (χ3n) is 5.36. The van der Waals surface area contributed by atoms with Crippen molar-refractivity contribution in [1.82, 2.24) is 35.1 Å². The SMILES string of the molecule is COc1ncc(Nc2ncc(C(C)N3CCNCC3)cc2-c2nc(C)nc(N)n2)cc1F. The molecule has 1 aliphatic heterocycles. The molecule has 4 N–H and O–H groups in total. The van der Waals surface area contributed by atoms with Crippen LogP contribution in [0.15, 0.2) is 24.5 Å². The number of piperazine rings is 1. The van der Waals surface area contributed by atoms with Gasteiger partial charge in [-0.2, -0.15) is 9.97 Å². The van der Waals surface area contributed by atoms with E-state index < -0.39 is 5.82 Å². The second-order valence-electron chi connectivity index (χ2n) is 7.53. The number of hydrogen-bond donors (Lipinski definition) is 3. The Hall–Kier alpha value is -3.44. The Morgan fingerprint density at radius 3 is 2.62 bits per heavy atom. The van der Waals surface area contributed by atoms with Gasteiger partial charge in [0.1, 0.15) is 11.6 Å². The maximum absolute atomic E-state index is 14.2. The van der Waals surface area contributed by atoms with Crippen molar-refractivity contribution in [2.24, 2.45) is 0 Å². The van der Waals surface area contributed by atoms with Crippen LogP contribution in [0.1, 0.15) is 24.4 Å². The van der Waals surface area contributed by atoms with Crippen molar-refractivity contribution in [3.8, 4) is 17.3 Å². The highest BCUT2D eigenvalue weighted by atomic mass is 19.1. The average Bonchev–Trinajstić information content (AvgIpc) is 2.79. The number of nitrogens with zero attached hydrogens (tertiary/aromatic N) is 6. The lowest BCUT2D eigenvalue weighted by molar-refractivity contribution is 0.185. The molecule has 1 saturated heterocycles. The minimum absolute atomic E-state index is 0.0789. The summed E-state index contributed by atoms with van der Waals surface area (Å²) in [6, 6.07) is 3.43. The maximum Gasteiger partial charge on any atom is 0.250 e. The van der Waals surface area contributed by atoms with Crippen molar-refractivity contribution < 1.29 is 9.13 Å². The molecule has 1 unspecified atom stereocenters. The monoisotopic (exact) mass is 439 g/mol. The number of aromatic nitrogens is 5. The van der Waals surface area contributed by atoms with E-state index in [2.05, 4.69) is 47.4 Å². The number of anilines is 3. The molecule has 4 heterocycles. The molecular weight excluding hydrogens is 413 g/mol. The predicted octanol–water partition coefficient (Wildman–Crippen LogP) is 2.08. The molecular formula is C21H26FN9O. The number of aryl methyl sites for hydroxylation is 1. The summed E-state index contributed by atoms with van der Waals surface area (Å²) in [6.45, 7) is 7.69. The van der Waals surface area contributed by atoms with Crippen molar-refractivity contribution in [2.45, 2.75) is 19.9 Å². The van der Waals surface area contributed by atoms with E-state index in [0.29, 0.717) is 28.7 Å². The van der Waals surface area contributed by atoms with Gasteiger partial charge in [-0.05, 0) is 25.5 Å². The molecule has 0 radical (unpaired) electrons. The van der Waals surface area contributed by atoms with Crippen molar-refractivity contribution in [1.29, 1.82) is 0 Å². The number of halogens is 1. The van der Waals surface area contributed by atoms with E-state index in [4.69, 9.17) is 10.5 Å². The summed E-state index contributed by atoms with van der Waals surface area (Å²) in [5.41, 5.74) is 7.94. The number of nitrogens with one attached hydrogen (secondary N) is 2. The number of rotatable bonds is 6. The molecule has 3 aromatic rings. The fourth-order valence-electron chi connectivity index (χ4n) is 3.66. The molecule has 1 atom stereocenters. The largest absolute Gasteiger partial charge is 0.479 e. The second kappa shape index (κ2) is 9.37. The van der Waals surface area contributed by atoms with Crippen LogP contribution in [0.4, 0.5) is 21.8 Å². The summed E-state index contributed by atoms with van der Waals surface area (Å²) in [7, 11) is 1.37. The first-order chi connectivity index (χ1) is 15.4. The van der Waals surface area contributed by atoms with E-state index in [1.54, 1.807) is 6.92 Å². The lowest BCUT2D eigenvalue weighted by atomic mass is 10.1. The zero-order valence-corrected chi connectivity index (χ0v) is 18.3. The quantitative estimate of drug-likeness (QED) is 0.525. The molecule has 0 saturated carbocycles. The molecule has 3 aromatic heterocycles. The summed E-state index contributed by atoms with van der Waals surface area (Å²) in [4.78, 5) is 23.8. The highest BCUT2D eigenvalue weighted by Crippen LogP contribution is 2.31. The Bertz CT molecular complexity index is 1080. The van der Waals surface area contributed by atoms with Crippen molar-refractivity contribution in [3.05, 3.63) is 41.7 Å². The summed E-state index contributed by atoms with van der Waals surface area (Å²) < 4.78 is 19.0. The van der Waals surface area contributed by atoms with Gasteiger partial charge in [-0.25, -0.2) is 19.3 Å². The normalized spacial score (nSPS) is 15.4. The molecule has 0 bridgehead atoms. The van der Waals surface area contributed by atoms with Crippen LogP contribution >= 0.6 is 0 Å². The van der Waals surface area contributed by atoms with Gasteiger partial charge in [0.2, 0.25) is 11.8 Å². The van der Waals surface area contributed by atoms with E-state index in [1.807, 2.05) is 12.3 Å². The second-order valence-corrected chi connectivity index (χ2v) is 7.53. The molecule has 11 heteroatoms. The summed E-state index contributed by atoms with van der Waals surface area (Å²) in [6.07, 6.45) is 3.28. The van der Waals surface area contributed by atoms with Crippen LogP contribution in [0.2, 0.25) is 0 Å². The molecule has 0 aromatic carbocycles. The van der Waals surface area contributed by atoms with Gasteiger partial charge in [0.15, 0.2) is 11.6 Å². The van der Waals surface area contributed by atoms with Crippen LogP contribution in [0.25, 0.3) is 11.4 Å². The van der Waals surface area contributed by atoms with E-state index in [0.717, 1.165) is 31.7 Å². The van der Waals surface area contributed by atoms with Crippen molar-refractivity contribution >= 4 is 17.5 Å². The fraction of sp³-hybridized carbons (Fsp3) is 0.381. The summed E-state index contributed by atoms with van der Waals surface area (Å²) >= 11 is 0. The Morgan fingerprint density at radius 2 is 1.94 bits per heavy atom. The highest BCUT2D eigenvalue weighted by Gasteiger charge is 2.21. The van der Waals surface area contributed by atoms with Gasteiger partial charge in [-0.15, -0.1) is 0 Å². The van der Waals surface area contributed by atoms with Gasteiger partial charge in [-0.3, -0.25) is 4.90 Å². The van der Waals surface area contributed by atoms with Gasteiger partial charge in [0.05, 0.1) is 24.6 Å². The Morgan fingerprint density at radius 1 is 1.16 bits per heavy atom. The standard InChI is InChI=1S/C21H26FN9O/c1-12(31-6-4-24-5-7-31)14-8-16(19-27-13(2)28-21(23)30-19)18(25-10-14)29-15-9-17(22)20(32-3)26-11-15/h8-12,24H,4-7H2,1-3H3,(H,25,29)(H2,23,27,28,30). The molecule has 168 valence electrons. The molecule has 32 heavy (non-hydrogen) atoms. The molecule has 10 nitrogen and oxygen atoms in total. The first-order valence-corrected chi connectivity index (χ1v) is 10.3. The first kappa shape index (κ1) is 21.8. The Kier molecular flexibility index (Phi) is 6.37. The van der Waals surface area contributed by atoms with Crippen LogP contribution in [-0.4, -0.2) is 63.1 Å². The number of ether oxygens (including phenoxy) is 1. The average molecular weight is 439 g/mol. The van der Waals surface area contributed by atoms with Gasteiger partial charge < -0.3 is 21.1 Å². The van der Waals surface area contributed by atoms with Crippen LogP contribution in [-0.2, 0) is 0 Å². The molecule has 1 aliphatic rings. The summed E-state index contributed by atoms with van der Waals surface area (Å²) in [5.74, 6) is 0.805.